The lowest BCUT2D eigenvalue weighted by molar-refractivity contribution is 0.0692. The second-order valence-corrected chi connectivity index (χ2v) is 5.39. The van der Waals surface area contributed by atoms with Crippen molar-refractivity contribution >= 4 is 27.6 Å². The van der Waals surface area contributed by atoms with Crippen LogP contribution in [0.2, 0.25) is 0 Å². The fourth-order valence-electron chi connectivity index (χ4n) is 1.48. The van der Waals surface area contributed by atoms with E-state index in [1.54, 1.807) is 0 Å². The number of nitrogens with one attached hydrogen (secondary N) is 1. The first kappa shape index (κ1) is 13.7. The smallest absolute Gasteiger partial charge is 0.337 e. The minimum atomic E-state index is -4.12. The Morgan fingerprint density at radius 3 is 2.50 bits per heavy atom. The van der Waals surface area contributed by atoms with Crippen molar-refractivity contribution in [3.05, 3.63) is 42.2 Å². The van der Waals surface area contributed by atoms with Gasteiger partial charge in [-0.1, -0.05) is 0 Å². The standard InChI is InChI=1S/C11H10N4O4S/c12-7-2-3-9(8(6-7)10(16)17)20(18,19)15-11-13-4-1-5-14-11/h1-6H,12H2,(H,16,17)(H,13,14,15). The number of aromatic nitrogens is 2. The molecule has 0 radical (unpaired) electrons. The van der Waals surface area contributed by atoms with E-state index in [2.05, 4.69) is 14.7 Å². The summed E-state index contributed by atoms with van der Waals surface area (Å²) in [4.78, 5) is 18.1. The lowest BCUT2D eigenvalue weighted by atomic mass is 10.2. The van der Waals surface area contributed by atoms with E-state index in [4.69, 9.17) is 10.8 Å². The number of sulfonamides is 1. The summed E-state index contributed by atoms with van der Waals surface area (Å²) in [5.41, 5.74) is 5.19. The van der Waals surface area contributed by atoms with Crippen molar-refractivity contribution in [1.29, 1.82) is 0 Å². The van der Waals surface area contributed by atoms with Crippen molar-refractivity contribution in [2.45, 2.75) is 4.90 Å². The molecule has 0 aliphatic carbocycles. The molecule has 0 fully saturated rings. The third-order valence-electron chi connectivity index (χ3n) is 2.31. The Morgan fingerprint density at radius 1 is 1.25 bits per heavy atom. The summed E-state index contributed by atoms with van der Waals surface area (Å²) in [6, 6.07) is 5.00. The third-order valence-corrected chi connectivity index (χ3v) is 3.70. The van der Waals surface area contributed by atoms with Crippen LogP contribution in [0.4, 0.5) is 11.6 Å². The molecule has 9 heteroatoms. The molecule has 0 atom stereocenters. The molecule has 0 saturated heterocycles. The quantitative estimate of drug-likeness (QED) is 0.701. The maximum atomic E-state index is 12.1. The summed E-state index contributed by atoms with van der Waals surface area (Å²) < 4.78 is 26.4. The van der Waals surface area contributed by atoms with Crippen LogP contribution in [0.15, 0.2) is 41.6 Å². The third kappa shape index (κ3) is 2.83. The number of hydrogen-bond donors (Lipinski definition) is 3. The summed E-state index contributed by atoms with van der Waals surface area (Å²) in [6.45, 7) is 0. The summed E-state index contributed by atoms with van der Waals surface area (Å²) >= 11 is 0. The van der Waals surface area contributed by atoms with E-state index in [1.807, 2.05) is 0 Å². The Morgan fingerprint density at radius 2 is 1.90 bits per heavy atom. The number of hydrogen-bond acceptors (Lipinski definition) is 6. The highest BCUT2D eigenvalue weighted by atomic mass is 32.2. The van der Waals surface area contributed by atoms with Gasteiger partial charge < -0.3 is 10.8 Å². The molecule has 1 heterocycles. The molecule has 0 amide bonds. The number of anilines is 2. The second kappa shape index (κ2) is 5.13. The molecule has 0 aliphatic heterocycles. The van der Waals surface area contributed by atoms with Crippen molar-refractivity contribution in [3.8, 4) is 0 Å². The van der Waals surface area contributed by atoms with E-state index in [1.165, 1.54) is 24.5 Å². The maximum absolute atomic E-state index is 12.1. The molecule has 0 unspecified atom stereocenters. The molecule has 0 aliphatic rings. The first-order valence-electron chi connectivity index (χ1n) is 5.33. The van der Waals surface area contributed by atoms with Crippen LogP contribution >= 0.6 is 0 Å². The minimum absolute atomic E-state index is 0.150. The molecular weight excluding hydrogens is 284 g/mol. The van der Waals surface area contributed by atoms with Gasteiger partial charge in [-0.3, -0.25) is 0 Å². The molecule has 8 nitrogen and oxygen atoms in total. The normalized spacial score (nSPS) is 11.0. The van der Waals surface area contributed by atoms with Crippen LogP contribution in [-0.4, -0.2) is 29.5 Å². The van der Waals surface area contributed by atoms with Gasteiger partial charge in [0.1, 0.15) is 4.90 Å². The van der Waals surface area contributed by atoms with E-state index < -0.39 is 26.5 Å². The maximum Gasteiger partial charge on any atom is 0.337 e. The SMILES string of the molecule is Nc1ccc(S(=O)(=O)Nc2ncccn2)c(C(=O)O)c1. The Labute approximate surface area is 114 Å². The lowest BCUT2D eigenvalue weighted by Gasteiger charge is -2.09. The molecule has 1 aromatic heterocycles. The van der Waals surface area contributed by atoms with E-state index in [0.29, 0.717) is 0 Å². The number of nitrogens with two attached hydrogens (primary N) is 1. The zero-order valence-corrected chi connectivity index (χ0v) is 10.8. The van der Waals surface area contributed by atoms with Gasteiger partial charge in [-0.05, 0) is 24.3 Å². The van der Waals surface area contributed by atoms with Gasteiger partial charge >= 0.3 is 5.97 Å². The topological polar surface area (TPSA) is 135 Å². The molecule has 2 rings (SSSR count). The highest BCUT2D eigenvalue weighted by Crippen LogP contribution is 2.20. The fourth-order valence-corrected chi connectivity index (χ4v) is 2.61. The largest absolute Gasteiger partial charge is 0.478 e. The lowest BCUT2D eigenvalue weighted by Crippen LogP contribution is -2.18. The fraction of sp³-hybridized carbons (Fsp3) is 0. The number of carbonyl (C=O) groups is 1. The Kier molecular flexibility index (Phi) is 3.53. The van der Waals surface area contributed by atoms with Gasteiger partial charge in [0.25, 0.3) is 10.0 Å². The van der Waals surface area contributed by atoms with Crippen molar-refractivity contribution in [2.75, 3.05) is 10.5 Å². The van der Waals surface area contributed by atoms with Gasteiger partial charge in [-0.15, -0.1) is 0 Å². The van der Waals surface area contributed by atoms with E-state index >= 15 is 0 Å². The van der Waals surface area contributed by atoms with Gasteiger partial charge in [-0.2, -0.15) is 0 Å². The van der Waals surface area contributed by atoms with Crippen LogP contribution in [-0.2, 0) is 10.0 Å². The molecule has 20 heavy (non-hydrogen) atoms. The van der Waals surface area contributed by atoms with Gasteiger partial charge in [0.2, 0.25) is 5.95 Å². The Balaban J connectivity index is 2.47. The molecular formula is C11H10N4O4S. The number of carboxylic acids is 1. The van der Waals surface area contributed by atoms with Crippen LogP contribution in [0.5, 0.6) is 0 Å². The molecule has 0 saturated carbocycles. The van der Waals surface area contributed by atoms with E-state index in [-0.39, 0.29) is 11.6 Å². The van der Waals surface area contributed by atoms with Crippen LogP contribution < -0.4 is 10.5 Å². The summed E-state index contributed by atoms with van der Waals surface area (Å²) in [7, 11) is -4.12. The average molecular weight is 294 g/mol. The molecule has 1 aromatic carbocycles. The summed E-state index contributed by atoms with van der Waals surface area (Å²) in [5.74, 6) is -1.55. The van der Waals surface area contributed by atoms with Gasteiger partial charge in [0.05, 0.1) is 5.56 Å². The summed E-state index contributed by atoms with van der Waals surface area (Å²) in [5, 5.41) is 9.04. The van der Waals surface area contributed by atoms with Gasteiger partial charge in [0.15, 0.2) is 0 Å². The number of nitrogens with zero attached hydrogens (tertiary/aromatic N) is 2. The van der Waals surface area contributed by atoms with Gasteiger partial charge in [-0.25, -0.2) is 27.9 Å². The highest BCUT2D eigenvalue weighted by Gasteiger charge is 2.23. The molecule has 0 bridgehead atoms. The minimum Gasteiger partial charge on any atom is -0.478 e. The first-order valence-corrected chi connectivity index (χ1v) is 6.81. The van der Waals surface area contributed by atoms with E-state index in [0.717, 1.165) is 12.1 Å². The van der Waals surface area contributed by atoms with Crippen molar-refractivity contribution in [3.63, 3.8) is 0 Å². The average Bonchev–Trinajstić information content (AvgIpc) is 2.38. The number of aromatic carboxylic acids is 1. The molecule has 4 N–H and O–H groups in total. The monoisotopic (exact) mass is 294 g/mol. The van der Waals surface area contributed by atoms with Crippen LogP contribution in [0.25, 0.3) is 0 Å². The van der Waals surface area contributed by atoms with Crippen molar-refractivity contribution < 1.29 is 18.3 Å². The first-order chi connectivity index (χ1) is 9.40. The zero-order chi connectivity index (χ0) is 14.8. The van der Waals surface area contributed by atoms with Crippen LogP contribution in [0, 0.1) is 0 Å². The zero-order valence-electron chi connectivity index (χ0n) is 10.0. The van der Waals surface area contributed by atoms with Crippen molar-refractivity contribution in [2.24, 2.45) is 0 Å². The Bertz CT molecular complexity index is 746. The van der Waals surface area contributed by atoms with Crippen LogP contribution in [0.1, 0.15) is 10.4 Å². The van der Waals surface area contributed by atoms with Gasteiger partial charge in [0, 0.05) is 18.1 Å². The summed E-state index contributed by atoms with van der Waals surface area (Å²) in [6.07, 6.45) is 2.71. The predicted molar refractivity (Wildman–Crippen MR) is 70.7 cm³/mol. The Hall–Kier alpha value is -2.68. The predicted octanol–water partition coefficient (Wildman–Crippen LogP) is 0.558. The van der Waals surface area contributed by atoms with E-state index in [9.17, 15) is 13.2 Å². The number of rotatable bonds is 4. The highest BCUT2D eigenvalue weighted by molar-refractivity contribution is 7.92. The molecule has 104 valence electrons. The van der Waals surface area contributed by atoms with Crippen LogP contribution in [0.3, 0.4) is 0 Å². The van der Waals surface area contributed by atoms with Crippen molar-refractivity contribution in [1.82, 2.24) is 9.97 Å². The second-order valence-electron chi connectivity index (χ2n) is 3.74. The molecule has 2 aromatic rings. The number of nitrogen functional groups attached to an aromatic ring is 1. The number of benzene rings is 1. The number of carboxylic acid groups (broad SMARTS) is 1. The molecule has 0 spiro atoms.